The van der Waals surface area contributed by atoms with E-state index in [1.165, 1.54) is 10.6 Å². The Labute approximate surface area is 171 Å². The highest BCUT2D eigenvalue weighted by molar-refractivity contribution is 7.15. The lowest BCUT2D eigenvalue weighted by Crippen LogP contribution is -2.40. The van der Waals surface area contributed by atoms with E-state index in [-0.39, 0.29) is 5.91 Å². The van der Waals surface area contributed by atoms with Gasteiger partial charge in [0.05, 0.1) is 19.6 Å². The van der Waals surface area contributed by atoms with Crippen LogP contribution in [0.25, 0.3) is 0 Å². The maximum absolute atomic E-state index is 12.3. The fourth-order valence-corrected chi connectivity index (χ4v) is 3.91. The number of thiazole rings is 1. The van der Waals surface area contributed by atoms with Crippen LogP contribution in [0.3, 0.4) is 0 Å². The minimum absolute atomic E-state index is 0.0296. The zero-order valence-electron chi connectivity index (χ0n) is 17.0. The summed E-state index contributed by atoms with van der Waals surface area (Å²) in [4.78, 5) is 22.4. The molecule has 1 saturated heterocycles. The van der Waals surface area contributed by atoms with Crippen LogP contribution in [0.4, 0.5) is 10.8 Å². The van der Waals surface area contributed by atoms with Gasteiger partial charge in [-0.15, -0.1) is 11.3 Å². The third-order valence-corrected chi connectivity index (χ3v) is 6.15. The van der Waals surface area contributed by atoms with Crippen LogP contribution in [-0.4, -0.2) is 62.2 Å². The average molecular weight is 403 g/mol. The summed E-state index contributed by atoms with van der Waals surface area (Å²) in [7, 11) is 2.11. The molecule has 0 aliphatic carbocycles. The lowest BCUT2D eigenvalue weighted by molar-refractivity contribution is -0.115. The van der Waals surface area contributed by atoms with Gasteiger partial charge in [-0.05, 0) is 23.6 Å². The van der Waals surface area contributed by atoms with Gasteiger partial charge < -0.3 is 15.0 Å². The number of rotatable bonds is 8. The molecule has 2 aromatic rings. The first kappa shape index (κ1) is 20.8. The first-order chi connectivity index (χ1) is 13.5. The fourth-order valence-electron chi connectivity index (χ4n) is 3.07. The molecule has 1 amide bonds. The minimum Gasteiger partial charge on any atom is -0.379 e. The summed E-state index contributed by atoms with van der Waals surface area (Å²) >= 11 is 1.54. The largest absolute Gasteiger partial charge is 0.379 e. The third-order valence-electron chi connectivity index (χ3n) is 4.94. The highest BCUT2D eigenvalue weighted by Gasteiger charge is 2.12. The minimum atomic E-state index is -0.0296. The molecule has 3 rings (SSSR count). The van der Waals surface area contributed by atoms with Crippen LogP contribution >= 0.6 is 11.3 Å². The Hall–Kier alpha value is -1.96. The molecule has 1 aromatic heterocycles. The Kier molecular flexibility index (Phi) is 7.42. The zero-order chi connectivity index (χ0) is 19.9. The van der Waals surface area contributed by atoms with Crippen molar-refractivity contribution in [2.45, 2.75) is 26.2 Å². The van der Waals surface area contributed by atoms with Gasteiger partial charge in [-0.1, -0.05) is 26.0 Å². The molecule has 1 aliphatic heterocycles. The predicted molar refractivity (Wildman–Crippen MR) is 116 cm³/mol. The first-order valence-corrected chi connectivity index (χ1v) is 10.7. The van der Waals surface area contributed by atoms with E-state index in [4.69, 9.17) is 4.74 Å². The van der Waals surface area contributed by atoms with E-state index < -0.39 is 0 Å². The van der Waals surface area contributed by atoms with Gasteiger partial charge in [0.25, 0.3) is 0 Å². The quantitative estimate of drug-likeness (QED) is 0.735. The van der Waals surface area contributed by atoms with E-state index in [0.29, 0.717) is 17.5 Å². The van der Waals surface area contributed by atoms with Gasteiger partial charge in [0.15, 0.2) is 5.13 Å². The molecule has 0 saturated carbocycles. The second kappa shape index (κ2) is 10.0. The van der Waals surface area contributed by atoms with Crippen LogP contribution in [0, 0.1) is 0 Å². The third kappa shape index (κ3) is 6.02. The van der Waals surface area contributed by atoms with Crippen LogP contribution in [0.2, 0.25) is 0 Å². The Bertz CT molecular complexity index is 754. The lowest BCUT2D eigenvalue weighted by Gasteiger charge is -2.29. The molecule has 7 heteroatoms. The number of ether oxygens (including phenoxy) is 1. The molecule has 0 radical (unpaired) electrons. The van der Waals surface area contributed by atoms with Crippen LogP contribution in [-0.2, 0) is 16.0 Å². The summed E-state index contributed by atoms with van der Waals surface area (Å²) in [5, 5.41) is 3.58. The lowest BCUT2D eigenvalue weighted by atomic mass is 10.1. The molecule has 152 valence electrons. The molecule has 1 fully saturated rings. The number of nitrogens with one attached hydrogen (secondary N) is 1. The smallest absolute Gasteiger partial charge is 0.230 e. The zero-order valence-corrected chi connectivity index (χ0v) is 17.8. The van der Waals surface area contributed by atoms with Crippen molar-refractivity contribution in [3.8, 4) is 0 Å². The van der Waals surface area contributed by atoms with E-state index in [1.54, 1.807) is 11.3 Å². The van der Waals surface area contributed by atoms with E-state index in [1.807, 2.05) is 18.3 Å². The van der Waals surface area contributed by atoms with Crippen LogP contribution in [0.15, 0.2) is 30.5 Å². The number of morpholine rings is 1. The van der Waals surface area contributed by atoms with E-state index in [9.17, 15) is 4.79 Å². The van der Waals surface area contributed by atoms with Crippen LogP contribution in [0.5, 0.6) is 0 Å². The Morgan fingerprint density at radius 3 is 2.64 bits per heavy atom. The number of carbonyl (C=O) groups excluding carboxylic acids is 1. The van der Waals surface area contributed by atoms with Crippen LogP contribution in [0.1, 0.15) is 30.2 Å². The van der Waals surface area contributed by atoms with Gasteiger partial charge in [-0.25, -0.2) is 4.98 Å². The summed E-state index contributed by atoms with van der Waals surface area (Å²) in [6.07, 6.45) is 2.20. The summed E-state index contributed by atoms with van der Waals surface area (Å²) in [6.45, 7) is 9.95. The second-order valence-electron chi connectivity index (χ2n) is 7.49. The molecule has 0 spiro atoms. The number of nitrogens with zero attached hydrogens (tertiary/aromatic N) is 3. The van der Waals surface area contributed by atoms with E-state index in [0.717, 1.165) is 45.0 Å². The number of hydrogen-bond donors (Lipinski definition) is 1. The summed E-state index contributed by atoms with van der Waals surface area (Å²) in [6, 6.07) is 8.23. The number of benzene rings is 1. The van der Waals surface area contributed by atoms with Crippen molar-refractivity contribution < 1.29 is 9.53 Å². The number of hydrogen-bond acceptors (Lipinski definition) is 6. The topological polar surface area (TPSA) is 57.7 Å². The van der Waals surface area contributed by atoms with Crippen molar-refractivity contribution in [2.75, 3.05) is 56.7 Å². The normalized spacial score (nSPS) is 15.0. The first-order valence-electron chi connectivity index (χ1n) is 9.87. The highest BCUT2D eigenvalue weighted by Crippen LogP contribution is 2.25. The molecule has 0 unspecified atom stereocenters. The van der Waals surface area contributed by atoms with Crippen molar-refractivity contribution in [1.82, 2.24) is 9.88 Å². The van der Waals surface area contributed by atoms with E-state index >= 15 is 0 Å². The van der Waals surface area contributed by atoms with Gasteiger partial charge in [0.1, 0.15) is 0 Å². The molecule has 0 atom stereocenters. The van der Waals surface area contributed by atoms with E-state index in [2.05, 4.69) is 53.1 Å². The number of amides is 1. The molecule has 0 bridgehead atoms. The Morgan fingerprint density at radius 1 is 1.29 bits per heavy atom. The van der Waals surface area contributed by atoms with Gasteiger partial charge in [0, 0.05) is 50.0 Å². The number of anilines is 2. The second-order valence-corrected chi connectivity index (χ2v) is 8.55. The SMILES string of the molecule is CC(C)c1cnc(NC(=O)Cc2ccc(N(C)CCN3CCOCC3)cc2)s1. The summed E-state index contributed by atoms with van der Waals surface area (Å²) in [5.74, 6) is 0.397. The number of aromatic nitrogens is 1. The van der Waals surface area contributed by atoms with Crippen molar-refractivity contribution in [3.63, 3.8) is 0 Å². The molecule has 2 heterocycles. The Morgan fingerprint density at radius 2 is 2.00 bits per heavy atom. The summed E-state index contributed by atoms with van der Waals surface area (Å²) < 4.78 is 5.39. The van der Waals surface area contributed by atoms with Crippen molar-refractivity contribution in [1.29, 1.82) is 0 Å². The standard InChI is InChI=1S/C21H30N4O2S/c1-16(2)19-15-22-21(28-19)23-20(26)14-17-4-6-18(7-5-17)24(3)8-9-25-10-12-27-13-11-25/h4-7,15-16H,8-14H2,1-3H3,(H,22,23,26). The highest BCUT2D eigenvalue weighted by atomic mass is 32.1. The fraction of sp³-hybridized carbons (Fsp3) is 0.524. The molecular weight excluding hydrogens is 372 g/mol. The van der Waals surface area contributed by atoms with Gasteiger partial charge in [-0.2, -0.15) is 0 Å². The average Bonchev–Trinajstić information content (AvgIpc) is 3.16. The van der Waals surface area contributed by atoms with Crippen molar-refractivity contribution >= 4 is 28.1 Å². The monoisotopic (exact) mass is 402 g/mol. The van der Waals surface area contributed by atoms with Gasteiger partial charge >= 0.3 is 0 Å². The Balaban J connectivity index is 1.46. The van der Waals surface area contributed by atoms with Gasteiger partial charge in [-0.3, -0.25) is 9.69 Å². The number of carbonyl (C=O) groups is 1. The maximum Gasteiger partial charge on any atom is 0.230 e. The summed E-state index contributed by atoms with van der Waals surface area (Å²) in [5.41, 5.74) is 2.17. The molecule has 1 aliphatic rings. The maximum atomic E-state index is 12.3. The van der Waals surface area contributed by atoms with Gasteiger partial charge in [0.2, 0.25) is 5.91 Å². The molecule has 1 N–H and O–H groups in total. The predicted octanol–water partition coefficient (Wildman–Crippen LogP) is 3.22. The molecular formula is C21H30N4O2S. The van der Waals surface area contributed by atoms with Crippen LogP contribution < -0.4 is 10.2 Å². The molecule has 6 nitrogen and oxygen atoms in total. The molecule has 1 aromatic carbocycles. The number of likely N-dealkylation sites (N-methyl/N-ethyl adjacent to an activating group) is 1. The van der Waals surface area contributed by atoms with Crippen molar-refractivity contribution in [2.24, 2.45) is 0 Å². The molecule has 28 heavy (non-hydrogen) atoms. The van der Waals surface area contributed by atoms with Crippen molar-refractivity contribution in [3.05, 3.63) is 40.9 Å².